The van der Waals surface area contributed by atoms with Crippen LogP contribution in [0.5, 0.6) is 5.75 Å². The van der Waals surface area contributed by atoms with Crippen LogP contribution in [0, 0.1) is 6.92 Å². The maximum Gasteiger partial charge on any atom is 0.133 e. The normalized spacial score (nSPS) is 11.1. The minimum Gasteiger partial charge on any atom is -0.489 e. The molecule has 3 aromatic rings. The molecule has 0 saturated heterocycles. The molecule has 1 aromatic carbocycles. The predicted molar refractivity (Wildman–Crippen MR) is 75.6 cm³/mol. The number of hydrogen-bond acceptors (Lipinski definition) is 2. The Kier molecular flexibility index (Phi) is 2.95. The van der Waals surface area contributed by atoms with Crippen LogP contribution in [-0.2, 0) is 13.7 Å². The Labute approximate surface area is 115 Å². The quantitative estimate of drug-likeness (QED) is 0.796. The summed E-state index contributed by atoms with van der Waals surface area (Å²) < 4.78 is 7.45. The van der Waals surface area contributed by atoms with Crippen LogP contribution in [0.25, 0.3) is 10.9 Å². The van der Waals surface area contributed by atoms with E-state index in [1.807, 2.05) is 44.4 Å². The fraction of sp³-hybridized carbons (Fsp3) is 0.214. The van der Waals surface area contributed by atoms with Crippen LogP contribution in [0.3, 0.4) is 0 Å². The molecule has 0 saturated carbocycles. The van der Waals surface area contributed by atoms with Crippen molar-refractivity contribution in [2.45, 2.75) is 13.5 Å². The number of nitrogens with one attached hydrogen (secondary N) is 1. The van der Waals surface area contributed by atoms with E-state index in [-0.39, 0.29) is 0 Å². The van der Waals surface area contributed by atoms with E-state index < -0.39 is 0 Å². The molecule has 0 amide bonds. The van der Waals surface area contributed by atoms with Gasteiger partial charge in [0, 0.05) is 29.7 Å². The fourth-order valence-corrected chi connectivity index (χ4v) is 2.34. The molecule has 5 heteroatoms. The van der Waals surface area contributed by atoms with E-state index in [0.717, 1.165) is 27.9 Å². The van der Waals surface area contributed by atoms with Gasteiger partial charge in [0.05, 0.1) is 5.69 Å². The molecule has 0 bridgehead atoms. The Morgan fingerprint density at radius 3 is 2.95 bits per heavy atom. The lowest BCUT2D eigenvalue weighted by Crippen LogP contribution is -1.97. The van der Waals surface area contributed by atoms with Crippen molar-refractivity contribution in [1.29, 1.82) is 0 Å². The molecule has 19 heavy (non-hydrogen) atoms. The zero-order chi connectivity index (χ0) is 13.4. The summed E-state index contributed by atoms with van der Waals surface area (Å²) in [6.45, 7) is 2.36. The summed E-state index contributed by atoms with van der Waals surface area (Å²) in [5.41, 5.74) is 2.93. The molecule has 0 radical (unpaired) electrons. The number of nitrogens with zero attached hydrogens (tertiary/aromatic N) is 2. The van der Waals surface area contributed by atoms with Crippen LogP contribution >= 0.6 is 11.6 Å². The summed E-state index contributed by atoms with van der Waals surface area (Å²) in [6, 6.07) is 7.97. The average Bonchev–Trinajstić information content (AvgIpc) is 2.94. The summed E-state index contributed by atoms with van der Waals surface area (Å²) in [4.78, 5) is 3.15. The van der Waals surface area contributed by atoms with Crippen molar-refractivity contribution in [2.75, 3.05) is 0 Å². The first-order chi connectivity index (χ1) is 9.15. The highest BCUT2D eigenvalue weighted by atomic mass is 35.5. The Morgan fingerprint density at radius 1 is 1.37 bits per heavy atom. The SMILES string of the molecule is Cc1nn(C)c(Cl)c1COc1ccc2[nH]ccc2c1. The third-order valence-electron chi connectivity index (χ3n) is 3.18. The summed E-state index contributed by atoms with van der Waals surface area (Å²) in [5, 5.41) is 6.02. The highest BCUT2D eigenvalue weighted by molar-refractivity contribution is 6.30. The summed E-state index contributed by atoms with van der Waals surface area (Å²) in [5.74, 6) is 0.825. The molecule has 0 unspecified atom stereocenters. The Hall–Kier alpha value is -1.94. The van der Waals surface area contributed by atoms with Crippen molar-refractivity contribution in [2.24, 2.45) is 7.05 Å². The molecule has 0 aliphatic carbocycles. The van der Waals surface area contributed by atoms with Gasteiger partial charge in [0.1, 0.15) is 17.5 Å². The van der Waals surface area contributed by atoms with Crippen molar-refractivity contribution < 1.29 is 4.74 Å². The minimum absolute atomic E-state index is 0.425. The first-order valence-corrected chi connectivity index (χ1v) is 6.41. The van der Waals surface area contributed by atoms with Crippen LogP contribution in [0.1, 0.15) is 11.3 Å². The predicted octanol–water partition coefficient (Wildman–Crippen LogP) is 3.44. The van der Waals surface area contributed by atoms with E-state index in [4.69, 9.17) is 16.3 Å². The zero-order valence-corrected chi connectivity index (χ0v) is 11.5. The Balaban J connectivity index is 1.81. The Morgan fingerprint density at radius 2 is 2.21 bits per heavy atom. The number of rotatable bonds is 3. The highest BCUT2D eigenvalue weighted by Gasteiger charge is 2.11. The monoisotopic (exact) mass is 275 g/mol. The van der Waals surface area contributed by atoms with Crippen LogP contribution < -0.4 is 4.74 Å². The third-order valence-corrected chi connectivity index (χ3v) is 3.65. The van der Waals surface area contributed by atoms with Gasteiger partial charge in [-0.1, -0.05) is 11.6 Å². The van der Waals surface area contributed by atoms with Gasteiger partial charge in [-0.05, 0) is 31.2 Å². The Bertz CT molecular complexity index is 729. The summed E-state index contributed by atoms with van der Waals surface area (Å²) >= 11 is 6.17. The first-order valence-electron chi connectivity index (χ1n) is 6.03. The summed E-state index contributed by atoms with van der Waals surface area (Å²) in [7, 11) is 1.82. The standard InChI is InChI=1S/C14H14ClN3O/c1-9-12(14(15)18(2)17-9)8-19-11-3-4-13-10(7-11)5-6-16-13/h3-7,16H,8H2,1-2H3. The molecule has 0 atom stereocenters. The largest absolute Gasteiger partial charge is 0.489 e. The first kappa shape index (κ1) is 12.1. The van der Waals surface area contributed by atoms with E-state index in [2.05, 4.69) is 10.1 Å². The summed E-state index contributed by atoms with van der Waals surface area (Å²) in [6.07, 6.45) is 1.91. The maximum atomic E-state index is 6.17. The number of halogens is 1. The number of hydrogen-bond donors (Lipinski definition) is 1. The van der Waals surface area contributed by atoms with E-state index in [0.29, 0.717) is 11.8 Å². The van der Waals surface area contributed by atoms with Crippen LogP contribution in [-0.4, -0.2) is 14.8 Å². The molecule has 98 valence electrons. The number of aromatic nitrogens is 3. The number of fused-ring (bicyclic) bond motifs is 1. The number of benzene rings is 1. The number of aryl methyl sites for hydroxylation is 2. The second-order valence-electron chi connectivity index (χ2n) is 4.49. The molecule has 4 nitrogen and oxygen atoms in total. The smallest absolute Gasteiger partial charge is 0.133 e. The second kappa shape index (κ2) is 4.63. The van der Waals surface area contributed by atoms with Crippen LogP contribution in [0.4, 0.5) is 0 Å². The lowest BCUT2D eigenvalue weighted by molar-refractivity contribution is 0.306. The number of aromatic amines is 1. The topological polar surface area (TPSA) is 42.8 Å². The molecule has 0 aliphatic rings. The maximum absolute atomic E-state index is 6.17. The van der Waals surface area contributed by atoms with Gasteiger partial charge >= 0.3 is 0 Å². The molecular weight excluding hydrogens is 262 g/mol. The fourth-order valence-electron chi connectivity index (χ4n) is 2.11. The van der Waals surface area contributed by atoms with E-state index in [1.165, 1.54) is 0 Å². The van der Waals surface area contributed by atoms with Gasteiger partial charge in [-0.15, -0.1) is 0 Å². The van der Waals surface area contributed by atoms with E-state index in [1.54, 1.807) is 4.68 Å². The third kappa shape index (κ3) is 2.19. The van der Waals surface area contributed by atoms with Crippen molar-refractivity contribution in [1.82, 2.24) is 14.8 Å². The van der Waals surface area contributed by atoms with E-state index >= 15 is 0 Å². The van der Waals surface area contributed by atoms with Gasteiger partial charge in [-0.3, -0.25) is 4.68 Å². The van der Waals surface area contributed by atoms with E-state index in [9.17, 15) is 0 Å². The minimum atomic E-state index is 0.425. The molecule has 2 aromatic heterocycles. The van der Waals surface area contributed by atoms with Gasteiger partial charge in [-0.25, -0.2) is 0 Å². The van der Waals surface area contributed by atoms with Crippen LogP contribution in [0.2, 0.25) is 5.15 Å². The number of ether oxygens (including phenoxy) is 1. The molecule has 1 N–H and O–H groups in total. The van der Waals surface area contributed by atoms with Gasteiger partial charge in [-0.2, -0.15) is 5.10 Å². The van der Waals surface area contributed by atoms with Crippen molar-refractivity contribution in [3.8, 4) is 5.75 Å². The molecule has 2 heterocycles. The molecule has 0 spiro atoms. The van der Waals surface area contributed by atoms with Gasteiger partial charge in [0.25, 0.3) is 0 Å². The van der Waals surface area contributed by atoms with Crippen molar-refractivity contribution in [3.05, 3.63) is 46.9 Å². The highest BCUT2D eigenvalue weighted by Crippen LogP contribution is 2.23. The lowest BCUT2D eigenvalue weighted by Gasteiger charge is -2.06. The number of H-pyrrole nitrogens is 1. The zero-order valence-electron chi connectivity index (χ0n) is 10.8. The second-order valence-corrected chi connectivity index (χ2v) is 4.85. The van der Waals surface area contributed by atoms with Gasteiger partial charge in [0.15, 0.2) is 0 Å². The van der Waals surface area contributed by atoms with Gasteiger partial charge in [0.2, 0.25) is 0 Å². The average molecular weight is 276 g/mol. The molecule has 0 fully saturated rings. The molecule has 0 aliphatic heterocycles. The van der Waals surface area contributed by atoms with Crippen molar-refractivity contribution in [3.63, 3.8) is 0 Å². The molecule has 3 rings (SSSR count). The lowest BCUT2D eigenvalue weighted by atomic mass is 10.2. The van der Waals surface area contributed by atoms with Gasteiger partial charge < -0.3 is 9.72 Å². The van der Waals surface area contributed by atoms with Crippen molar-refractivity contribution >= 4 is 22.5 Å². The molecular formula is C14H14ClN3O. The van der Waals surface area contributed by atoms with Crippen LogP contribution in [0.15, 0.2) is 30.5 Å².